The highest BCUT2D eigenvalue weighted by Gasteiger charge is 2.18. The number of nitro groups is 1. The molecule has 1 aliphatic rings. The standard InChI is InChI=1S/C17H15FN2O6/c1-10(11-2-5-15-16(6-11)26-9-25-15)19-17(21)8-24-12-3-4-14(20(22)23)13(18)7-12/h2-7,10H,8-9H2,1H3,(H,19,21). The zero-order valence-corrected chi connectivity index (χ0v) is 13.7. The van der Waals surface area contributed by atoms with Crippen LogP contribution in [0.25, 0.3) is 0 Å². The van der Waals surface area contributed by atoms with Gasteiger partial charge in [-0.25, -0.2) is 0 Å². The zero-order chi connectivity index (χ0) is 18.7. The SMILES string of the molecule is CC(NC(=O)COc1ccc([N+](=O)[O-])c(F)c1)c1ccc2c(c1)OCO2. The van der Waals surface area contributed by atoms with E-state index in [1.54, 1.807) is 19.1 Å². The number of rotatable bonds is 6. The van der Waals surface area contributed by atoms with Gasteiger partial charge >= 0.3 is 5.69 Å². The summed E-state index contributed by atoms with van der Waals surface area (Å²) in [5.41, 5.74) is 0.169. The van der Waals surface area contributed by atoms with Gasteiger partial charge in [0.25, 0.3) is 5.91 Å². The summed E-state index contributed by atoms with van der Waals surface area (Å²) in [6.07, 6.45) is 0. The molecule has 1 heterocycles. The molecule has 3 rings (SSSR count). The summed E-state index contributed by atoms with van der Waals surface area (Å²) in [5.74, 6) is -0.161. The van der Waals surface area contributed by atoms with Crippen molar-refractivity contribution in [3.05, 3.63) is 57.9 Å². The second kappa shape index (κ2) is 7.26. The molecular formula is C17H15FN2O6. The molecule has 0 bridgehead atoms. The van der Waals surface area contributed by atoms with Crippen molar-refractivity contribution in [1.29, 1.82) is 0 Å². The highest BCUT2D eigenvalue weighted by atomic mass is 19.1. The van der Waals surface area contributed by atoms with E-state index in [0.717, 1.165) is 17.7 Å². The van der Waals surface area contributed by atoms with Crippen molar-refractivity contribution in [2.45, 2.75) is 13.0 Å². The number of amides is 1. The number of nitro benzene ring substituents is 1. The van der Waals surface area contributed by atoms with Crippen LogP contribution in [0.2, 0.25) is 0 Å². The van der Waals surface area contributed by atoms with E-state index in [2.05, 4.69) is 5.32 Å². The molecule has 0 saturated carbocycles. The summed E-state index contributed by atoms with van der Waals surface area (Å²) in [5, 5.41) is 13.3. The molecule has 26 heavy (non-hydrogen) atoms. The number of hydrogen-bond acceptors (Lipinski definition) is 6. The molecule has 2 aromatic rings. The Hall–Kier alpha value is -3.36. The second-order valence-electron chi connectivity index (χ2n) is 5.56. The first-order chi connectivity index (χ1) is 12.4. The minimum atomic E-state index is -1.03. The minimum Gasteiger partial charge on any atom is -0.484 e. The van der Waals surface area contributed by atoms with Crippen molar-refractivity contribution in [1.82, 2.24) is 5.32 Å². The largest absolute Gasteiger partial charge is 0.484 e. The van der Waals surface area contributed by atoms with Gasteiger partial charge in [0.2, 0.25) is 12.6 Å². The van der Waals surface area contributed by atoms with E-state index in [1.165, 1.54) is 6.07 Å². The van der Waals surface area contributed by atoms with Gasteiger partial charge in [0, 0.05) is 12.1 Å². The van der Waals surface area contributed by atoms with Crippen LogP contribution >= 0.6 is 0 Å². The third-order valence-electron chi connectivity index (χ3n) is 3.76. The van der Waals surface area contributed by atoms with E-state index < -0.39 is 22.3 Å². The van der Waals surface area contributed by atoms with Gasteiger partial charge in [0.05, 0.1) is 11.0 Å². The van der Waals surface area contributed by atoms with Crippen LogP contribution < -0.4 is 19.5 Å². The lowest BCUT2D eigenvalue weighted by Gasteiger charge is -2.15. The van der Waals surface area contributed by atoms with Gasteiger partial charge in [0.15, 0.2) is 18.1 Å². The van der Waals surface area contributed by atoms with Gasteiger partial charge in [-0.15, -0.1) is 0 Å². The lowest BCUT2D eigenvalue weighted by Crippen LogP contribution is -2.31. The van der Waals surface area contributed by atoms with Crippen molar-refractivity contribution >= 4 is 11.6 Å². The predicted molar refractivity (Wildman–Crippen MR) is 87.7 cm³/mol. The first kappa shape index (κ1) is 17.5. The van der Waals surface area contributed by atoms with E-state index >= 15 is 0 Å². The molecule has 8 nitrogen and oxygen atoms in total. The fourth-order valence-corrected chi connectivity index (χ4v) is 2.42. The molecule has 9 heteroatoms. The molecule has 0 aromatic heterocycles. The van der Waals surface area contributed by atoms with Crippen molar-refractivity contribution < 1.29 is 28.3 Å². The van der Waals surface area contributed by atoms with E-state index in [1.807, 2.05) is 6.07 Å². The van der Waals surface area contributed by atoms with E-state index in [-0.39, 0.29) is 25.2 Å². The Labute approximate surface area is 147 Å². The Morgan fingerprint density at radius 3 is 2.81 bits per heavy atom. The van der Waals surface area contributed by atoms with E-state index in [4.69, 9.17) is 14.2 Å². The van der Waals surface area contributed by atoms with Crippen LogP contribution in [0.1, 0.15) is 18.5 Å². The normalized spacial score (nSPS) is 13.2. The quantitative estimate of drug-likeness (QED) is 0.626. The summed E-state index contributed by atoms with van der Waals surface area (Å²) < 4.78 is 29.2. The topological polar surface area (TPSA) is 99.9 Å². The van der Waals surface area contributed by atoms with Crippen LogP contribution in [0.3, 0.4) is 0 Å². The molecule has 0 saturated heterocycles. The Morgan fingerprint density at radius 1 is 1.31 bits per heavy atom. The molecule has 1 aliphatic heterocycles. The molecule has 1 N–H and O–H groups in total. The average Bonchev–Trinajstić information content (AvgIpc) is 3.07. The van der Waals surface area contributed by atoms with Crippen molar-refractivity contribution in [2.24, 2.45) is 0 Å². The fraction of sp³-hybridized carbons (Fsp3) is 0.235. The van der Waals surface area contributed by atoms with Crippen LogP contribution in [0, 0.1) is 15.9 Å². The summed E-state index contributed by atoms with van der Waals surface area (Å²) in [4.78, 5) is 21.7. The van der Waals surface area contributed by atoms with Gasteiger partial charge in [-0.3, -0.25) is 14.9 Å². The number of halogens is 1. The van der Waals surface area contributed by atoms with Crippen molar-refractivity contribution in [3.8, 4) is 17.2 Å². The number of carbonyl (C=O) groups is 1. The smallest absolute Gasteiger partial charge is 0.305 e. The van der Waals surface area contributed by atoms with Gasteiger partial charge in [-0.1, -0.05) is 6.07 Å². The van der Waals surface area contributed by atoms with Crippen LogP contribution in [0.5, 0.6) is 17.2 Å². The van der Waals surface area contributed by atoms with E-state index in [9.17, 15) is 19.3 Å². The zero-order valence-electron chi connectivity index (χ0n) is 13.7. The monoisotopic (exact) mass is 362 g/mol. The van der Waals surface area contributed by atoms with Crippen LogP contribution in [-0.4, -0.2) is 24.2 Å². The molecule has 1 atom stereocenters. The Morgan fingerprint density at radius 2 is 2.08 bits per heavy atom. The number of fused-ring (bicyclic) bond motifs is 1. The maximum absolute atomic E-state index is 13.5. The molecule has 1 amide bonds. The highest BCUT2D eigenvalue weighted by molar-refractivity contribution is 5.78. The minimum absolute atomic E-state index is 0.0268. The van der Waals surface area contributed by atoms with Gasteiger partial charge < -0.3 is 19.5 Å². The number of carbonyl (C=O) groups excluding carboxylic acids is 1. The summed E-state index contributed by atoms with van der Waals surface area (Å²) in [6.45, 7) is 1.60. The molecular weight excluding hydrogens is 347 g/mol. The first-order valence-electron chi connectivity index (χ1n) is 7.69. The summed E-state index contributed by atoms with van der Waals surface area (Å²) >= 11 is 0. The molecule has 0 fully saturated rings. The Balaban J connectivity index is 1.55. The number of nitrogens with one attached hydrogen (secondary N) is 1. The third-order valence-corrected chi connectivity index (χ3v) is 3.76. The predicted octanol–water partition coefficient (Wildman–Crippen LogP) is 2.72. The number of hydrogen-bond donors (Lipinski definition) is 1. The number of benzene rings is 2. The number of nitrogens with zero attached hydrogens (tertiary/aromatic N) is 1. The highest BCUT2D eigenvalue weighted by Crippen LogP contribution is 2.34. The first-order valence-corrected chi connectivity index (χ1v) is 7.69. The van der Waals surface area contributed by atoms with Crippen molar-refractivity contribution in [3.63, 3.8) is 0 Å². The van der Waals surface area contributed by atoms with Gasteiger partial charge in [-0.05, 0) is 30.7 Å². The summed E-state index contributed by atoms with van der Waals surface area (Å²) in [7, 11) is 0. The van der Waals surface area contributed by atoms with Crippen LogP contribution in [-0.2, 0) is 4.79 Å². The molecule has 0 aliphatic carbocycles. The molecule has 0 spiro atoms. The number of ether oxygens (including phenoxy) is 3. The lowest BCUT2D eigenvalue weighted by atomic mass is 10.1. The Kier molecular flexibility index (Phi) is 4.87. The molecule has 1 unspecified atom stereocenters. The average molecular weight is 362 g/mol. The van der Waals surface area contributed by atoms with Crippen LogP contribution in [0.15, 0.2) is 36.4 Å². The maximum Gasteiger partial charge on any atom is 0.305 e. The molecule has 136 valence electrons. The Bertz CT molecular complexity index is 857. The third kappa shape index (κ3) is 3.82. The molecule has 2 aromatic carbocycles. The van der Waals surface area contributed by atoms with Gasteiger partial charge in [0.1, 0.15) is 5.75 Å². The summed E-state index contributed by atoms with van der Waals surface area (Å²) in [6, 6.07) is 8.12. The van der Waals surface area contributed by atoms with E-state index in [0.29, 0.717) is 11.5 Å². The second-order valence-corrected chi connectivity index (χ2v) is 5.56. The molecule has 0 radical (unpaired) electrons. The maximum atomic E-state index is 13.5. The fourth-order valence-electron chi connectivity index (χ4n) is 2.42. The van der Waals surface area contributed by atoms with Crippen LogP contribution in [0.4, 0.5) is 10.1 Å². The lowest BCUT2D eigenvalue weighted by molar-refractivity contribution is -0.387. The van der Waals surface area contributed by atoms with Crippen molar-refractivity contribution in [2.75, 3.05) is 13.4 Å². The van der Waals surface area contributed by atoms with Gasteiger partial charge in [-0.2, -0.15) is 4.39 Å².